The standard InChI is InChI=1S/C16H22Cl2N2O/c1-20(11-16(21)13-4-7-19-8-5-13)9-6-12-2-3-14(17)15(18)10-12/h2-4,10,16,19,21H,5-9,11H2,1H3. The largest absolute Gasteiger partial charge is 0.387 e. The Labute approximate surface area is 136 Å². The van der Waals surface area contributed by atoms with E-state index in [1.165, 1.54) is 0 Å². The number of rotatable bonds is 6. The van der Waals surface area contributed by atoms with Gasteiger partial charge in [-0.25, -0.2) is 0 Å². The van der Waals surface area contributed by atoms with Crippen molar-refractivity contribution in [3.8, 4) is 0 Å². The summed E-state index contributed by atoms with van der Waals surface area (Å²) in [6.07, 6.45) is 3.55. The minimum absolute atomic E-state index is 0.370. The SMILES string of the molecule is CN(CCc1ccc(Cl)c(Cl)c1)CC(O)C1=CCNCC1. The molecule has 0 aliphatic carbocycles. The molecular weight excluding hydrogens is 307 g/mol. The Balaban J connectivity index is 1.79. The minimum Gasteiger partial charge on any atom is -0.387 e. The van der Waals surface area contributed by atoms with Gasteiger partial charge in [0, 0.05) is 19.6 Å². The molecular formula is C16H22Cl2N2O. The van der Waals surface area contributed by atoms with Crippen LogP contribution in [-0.2, 0) is 6.42 Å². The molecule has 0 saturated carbocycles. The van der Waals surface area contributed by atoms with Gasteiger partial charge in [-0.3, -0.25) is 0 Å². The second-order valence-electron chi connectivity index (χ2n) is 5.51. The summed E-state index contributed by atoms with van der Waals surface area (Å²) in [6.45, 7) is 3.35. The first-order valence-electron chi connectivity index (χ1n) is 7.26. The molecule has 1 unspecified atom stereocenters. The zero-order valence-electron chi connectivity index (χ0n) is 12.3. The molecule has 116 valence electrons. The van der Waals surface area contributed by atoms with Crippen LogP contribution in [0.4, 0.5) is 0 Å². The van der Waals surface area contributed by atoms with Crippen molar-refractivity contribution in [1.82, 2.24) is 10.2 Å². The van der Waals surface area contributed by atoms with E-state index in [1.54, 1.807) is 0 Å². The number of halogens is 2. The second kappa shape index (κ2) is 8.16. The van der Waals surface area contributed by atoms with E-state index in [1.807, 2.05) is 25.2 Å². The van der Waals surface area contributed by atoms with Crippen molar-refractivity contribution < 1.29 is 5.11 Å². The highest BCUT2D eigenvalue weighted by Gasteiger charge is 2.15. The van der Waals surface area contributed by atoms with Crippen LogP contribution in [-0.4, -0.2) is 49.3 Å². The number of likely N-dealkylation sites (N-methyl/N-ethyl adjacent to an activating group) is 1. The van der Waals surface area contributed by atoms with E-state index in [0.717, 1.165) is 43.6 Å². The van der Waals surface area contributed by atoms with Gasteiger partial charge < -0.3 is 15.3 Å². The van der Waals surface area contributed by atoms with Crippen LogP contribution in [0.25, 0.3) is 0 Å². The van der Waals surface area contributed by atoms with Crippen molar-refractivity contribution in [3.05, 3.63) is 45.5 Å². The molecule has 0 saturated heterocycles. The van der Waals surface area contributed by atoms with Crippen LogP contribution in [0.1, 0.15) is 12.0 Å². The molecule has 0 spiro atoms. The van der Waals surface area contributed by atoms with E-state index in [4.69, 9.17) is 23.2 Å². The molecule has 2 rings (SSSR count). The van der Waals surface area contributed by atoms with E-state index in [-0.39, 0.29) is 6.10 Å². The number of aliphatic hydroxyl groups excluding tert-OH is 1. The van der Waals surface area contributed by atoms with Crippen molar-refractivity contribution >= 4 is 23.2 Å². The summed E-state index contributed by atoms with van der Waals surface area (Å²) in [6, 6.07) is 5.73. The minimum atomic E-state index is -0.370. The fourth-order valence-corrected chi connectivity index (χ4v) is 2.78. The number of nitrogens with one attached hydrogen (secondary N) is 1. The van der Waals surface area contributed by atoms with Gasteiger partial charge in [-0.15, -0.1) is 0 Å². The lowest BCUT2D eigenvalue weighted by molar-refractivity contribution is 0.151. The molecule has 2 N–H and O–H groups in total. The normalized spacial score (nSPS) is 16.9. The zero-order chi connectivity index (χ0) is 15.2. The van der Waals surface area contributed by atoms with Gasteiger partial charge in [-0.1, -0.05) is 35.3 Å². The maximum atomic E-state index is 10.2. The Hall–Kier alpha value is -0.580. The van der Waals surface area contributed by atoms with Crippen LogP contribution < -0.4 is 5.32 Å². The van der Waals surface area contributed by atoms with Crippen LogP contribution in [0.5, 0.6) is 0 Å². The molecule has 1 aromatic rings. The van der Waals surface area contributed by atoms with Crippen LogP contribution >= 0.6 is 23.2 Å². The quantitative estimate of drug-likeness (QED) is 0.788. The maximum Gasteiger partial charge on any atom is 0.0877 e. The van der Waals surface area contributed by atoms with Crippen molar-refractivity contribution in [2.45, 2.75) is 18.9 Å². The third-order valence-electron chi connectivity index (χ3n) is 3.78. The van der Waals surface area contributed by atoms with Gasteiger partial charge in [-0.2, -0.15) is 0 Å². The summed E-state index contributed by atoms with van der Waals surface area (Å²) in [5, 5.41) is 14.7. The van der Waals surface area contributed by atoms with Crippen LogP contribution in [0.2, 0.25) is 10.0 Å². The smallest absolute Gasteiger partial charge is 0.0877 e. The van der Waals surface area contributed by atoms with E-state index in [0.29, 0.717) is 16.6 Å². The lowest BCUT2D eigenvalue weighted by Gasteiger charge is -2.24. The van der Waals surface area contributed by atoms with Gasteiger partial charge in [0.05, 0.1) is 16.1 Å². The lowest BCUT2D eigenvalue weighted by atomic mass is 10.0. The Bertz CT molecular complexity index is 505. The Kier molecular flexibility index (Phi) is 6.52. The molecule has 1 aliphatic rings. The first-order valence-corrected chi connectivity index (χ1v) is 8.02. The molecule has 1 heterocycles. The topological polar surface area (TPSA) is 35.5 Å². The second-order valence-corrected chi connectivity index (χ2v) is 6.32. The van der Waals surface area contributed by atoms with Crippen molar-refractivity contribution in [3.63, 3.8) is 0 Å². The maximum absolute atomic E-state index is 10.2. The molecule has 0 aromatic heterocycles. The lowest BCUT2D eigenvalue weighted by Crippen LogP contribution is -2.34. The molecule has 0 amide bonds. The van der Waals surface area contributed by atoms with Crippen LogP contribution in [0.3, 0.4) is 0 Å². The molecule has 21 heavy (non-hydrogen) atoms. The Morgan fingerprint density at radius 3 is 2.81 bits per heavy atom. The molecule has 1 aliphatic heterocycles. The molecule has 1 atom stereocenters. The highest BCUT2D eigenvalue weighted by molar-refractivity contribution is 6.42. The average Bonchev–Trinajstić information content (AvgIpc) is 2.49. The molecule has 1 aromatic carbocycles. The highest BCUT2D eigenvalue weighted by atomic mass is 35.5. The number of benzene rings is 1. The van der Waals surface area contributed by atoms with E-state index in [2.05, 4.69) is 16.3 Å². The molecule has 3 nitrogen and oxygen atoms in total. The van der Waals surface area contributed by atoms with Gasteiger partial charge in [-0.05, 0) is 49.7 Å². The van der Waals surface area contributed by atoms with E-state index < -0.39 is 0 Å². The van der Waals surface area contributed by atoms with E-state index in [9.17, 15) is 5.11 Å². The first-order chi connectivity index (χ1) is 10.1. The predicted molar refractivity (Wildman–Crippen MR) is 89.2 cm³/mol. The van der Waals surface area contributed by atoms with Crippen molar-refractivity contribution in [2.24, 2.45) is 0 Å². The predicted octanol–water partition coefficient (Wildman–Crippen LogP) is 2.75. The summed E-state index contributed by atoms with van der Waals surface area (Å²) in [5.74, 6) is 0. The Morgan fingerprint density at radius 2 is 2.14 bits per heavy atom. The summed E-state index contributed by atoms with van der Waals surface area (Å²) >= 11 is 11.9. The van der Waals surface area contributed by atoms with Gasteiger partial charge >= 0.3 is 0 Å². The van der Waals surface area contributed by atoms with Crippen LogP contribution in [0.15, 0.2) is 29.8 Å². The first kappa shape index (κ1) is 16.8. The Morgan fingerprint density at radius 1 is 1.33 bits per heavy atom. The number of nitrogens with zero attached hydrogens (tertiary/aromatic N) is 1. The highest BCUT2D eigenvalue weighted by Crippen LogP contribution is 2.22. The van der Waals surface area contributed by atoms with Crippen LogP contribution in [0, 0.1) is 0 Å². The summed E-state index contributed by atoms with van der Waals surface area (Å²) < 4.78 is 0. The summed E-state index contributed by atoms with van der Waals surface area (Å²) in [7, 11) is 2.03. The summed E-state index contributed by atoms with van der Waals surface area (Å²) in [4.78, 5) is 2.15. The number of aliphatic hydroxyl groups is 1. The molecule has 0 fully saturated rings. The zero-order valence-corrected chi connectivity index (χ0v) is 13.8. The van der Waals surface area contributed by atoms with Gasteiger partial charge in [0.25, 0.3) is 0 Å². The molecule has 0 radical (unpaired) electrons. The third kappa shape index (κ3) is 5.28. The monoisotopic (exact) mass is 328 g/mol. The van der Waals surface area contributed by atoms with Gasteiger partial charge in [0.1, 0.15) is 0 Å². The fraction of sp³-hybridized carbons (Fsp3) is 0.500. The van der Waals surface area contributed by atoms with Crippen molar-refractivity contribution in [2.75, 3.05) is 33.2 Å². The molecule has 0 bridgehead atoms. The number of hydrogen-bond donors (Lipinski definition) is 2. The molecule has 5 heteroatoms. The van der Waals surface area contributed by atoms with E-state index >= 15 is 0 Å². The average molecular weight is 329 g/mol. The number of hydrogen-bond acceptors (Lipinski definition) is 3. The third-order valence-corrected chi connectivity index (χ3v) is 4.52. The van der Waals surface area contributed by atoms with Crippen molar-refractivity contribution in [1.29, 1.82) is 0 Å². The van der Waals surface area contributed by atoms with Gasteiger partial charge in [0.15, 0.2) is 0 Å². The van der Waals surface area contributed by atoms with Gasteiger partial charge in [0.2, 0.25) is 0 Å². The fourth-order valence-electron chi connectivity index (χ4n) is 2.46. The summed E-state index contributed by atoms with van der Waals surface area (Å²) in [5.41, 5.74) is 2.31.